The van der Waals surface area contributed by atoms with Crippen LogP contribution in [0.2, 0.25) is 5.02 Å². The number of alkyl halides is 1. The highest BCUT2D eigenvalue weighted by molar-refractivity contribution is 6.30. The van der Waals surface area contributed by atoms with Gasteiger partial charge in [-0.05, 0) is 24.7 Å². The Hall–Kier alpha value is -0.480. The van der Waals surface area contributed by atoms with Crippen molar-refractivity contribution >= 4 is 23.2 Å². The highest BCUT2D eigenvalue weighted by Crippen LogP contribution is 2.33. The third-order valence-electron chi connectivity index (χ3n) is 3.12. The Bertz CT molecular complexity index is 440. The highest BCUT2D eigenvalue weighted by Gasteiger charge is 2.19. The molecule has 1 atom stereocenters. The molecule has 1 unspecified atom stereocenters. The maximum absolute atomic E-state index is 6.17. The molecule has 0 saturated heterocycles. The van der Waals surface area contributed by atoms with E-state index in [1.807, 2.05) is 19.2 Å². The van der Waals surface area contributed by atoms with Gasteiger partial charge in [0.25, 0.3) is 0 Å². The molecule has 0 aliphatic carbocycles. The number of fused-ring (bicyclic) bond motifs is 1. The predicted molar refractivity (Wildman–Crippen MR) is 78.5 cm³/mol. The normalized spacial score (nSPS) is 15.4. The van der Waals surface area contributed by atoms with E-state index in [2.05, 4.69) is 4.90 Å². The number of halogens is 2. The molecule has 0 saturated carbocycles. The van der Waals surface area contributed by atoms with Crippen LogP contribution in [0.4, 0.5) is 0 Å². The number of methoxy groups -OCH3 is 1. The fraction of sp³-hybridized carbons (Fsp3) is 0.571. The Morgan fingerprint density at radius 2 is 2.26 bits per heavy atom. The van der Waals surface area contributed by atoms with Crippen LogP contribution in [-0.2, 0) is 17.7 Å². The van der Waals surface area contributed by atoms with Gasteiger partial charge in [-0.2, -0.15) is 0 Å². The van der Waals surface area contributed by atoms with E-state index in [0.29, 0.717) is 6.61 Å². The van der Waals surface area contributed by atoms with Gasteiger partial charge in [-0.3, -0.25) is 0 Å². The summed E-state index contributed by atoms with van der Waals surface area (Å²) >= 11 is 12.3. The SMILES string of the molecule is COCC(Cl)CN(C)Cc1cc(Cl)cc2c1OCC2. The molecule has 1 aromatic rings. The van der Waals surface area contributed by atoms with E-state index >= 15 is 0 Å². The van der Waals surface area contributed by atoms with Gasteiger partial charge in [0.1, 0.15) is 5.75 Å². The lowest BCUT2D eigenvalue weighted by atomic mass is 10.1. The molecule has 106 valence electrons. The highest BCUT2D eigenvalue weighted by atomic mass is 35.5. The van der Waals surface area contributed by atoms with Gasteiger partial charge in [-0.15, -0.1) is 11.6 Å². The average Bonchev–Trinajstić information content (AvgIpc) is 2.76. The van der Waals surface area contributed by atoms with Gasteiger partial charge < -0.3 is 14.4 Å². The number of benzene rings is 1. The van der Waals surface area contributed by atoms with E-state index in [9.17, 15) is 0 Å². The monoisotopic (exact) mass is 303 g/mol. The number of nitrogens with zero attached hydrogens (tertiary/aromatic N) is 1. The quantitative estimate of drug-likeness (QED) is 0.754. The van der Waals surface area contributed by atoms with Gasteiger partial charge in [0.2, 0.25) is 0 Å². The molecule has 0 aromatic heterocycles. The summed E-state index contributed by atoms with van der Waals surface area (Å²) in [5.41, 5.74) is 2.33. The van der Waals surface area contributed by atoms with Crippen LogP contribution in [0.1, 0.15) is 11.1 Å². The van der Waals surface area contributed by atoms with E-state index in [4.69, 9.17) is 32.7 Å². The maximum atomic E-state index is 6.17. The molecule has 0 fully saturated rings. The molecule has 5 heteroatoms. The first-order valence-electron chi connectivity index (χ1n) is 6.35. The first-order valence-corrected chi connectivity index (χ1v) is 7.17. The molecule has 1 aliphatic rings. The molecule has 0 N–H and O–H groups in total. The fourth-order valence-electron chi connectivity index (χ4n) is 2.39. The second-order valence-corrected chi connectivity index (χ2v) is 5.95. The third-order valence-corrected chi connectivity index (χ3v) is 3.61. The van der Waals surface area contributed by atoms with Crippen molar-refractivity contribution in [2.45, 2.75) is 18.3 Å². The largest absolute Gasteiger partial charge is 0.493 e. The summed E-state index contributed by atoms with van der Waals surface area (Å²) in [4.78, 5) is 2.16. The molecule has 0 amide bonds. The zero-order valence-electron chi connectivity index (χ0n) is 11.3. The maximum Gasteiger partial charge on any atom is 0.127 e. The van der Waals surface area contributed by atoms with Crippen molar-refractivity contribution in [3.8, 4) is 5.75 Å². The van der Waals surface area contributed by atoms with Gasteiger partial charge in [0.15, 0.2) is 0 Å². The van der Waals surface area contributed by atoms with Crippen LogP contribution >= 0.6 is 23.2 Å². The van der Waals surface area contributed by atoms with Gasteiger partial charge in [0.05, 0.1) is 18.6 Å². The van der Waals surface area contributed by atoms with Crippen LogP contribution in [-0.4, -0.2) is 44.2 Å². The number of ether oxygens (including phenoxy) is 2. The topological polar surface area (TPSA) is 21.7 Å². The fourth-order valence-corrected chi connectivity index (χ4v) is 3.02. The van der Waals surface area contributed by atoms with Crippen LogP contribution < -0.4 is 4.74 Å². The molecule has 1 aliphatic heterocycles. The van der Waals surface area contributed by atoms with Gasteiger partial charge in [0, 0.05) is 37.2 Å². The Balaban J connectivity index is 2.03. The van der Waals surface area contributed by atoms with Gasteiger partial charge in [-0.1, -0.05) is 11.6 Å². The van der Waals surface area contributed by atoms with Crippen LogP contribution in [0.3, 0.4) is 0 Å². The average molecular weight is 304 g/mol. The summed E-state index contributed by atoms with van der Waals surface area (Å²) in [6, 6.07) is 3.96. The van der Waals surface area contributed by atoms with Crippen LogP contribution in [0.15, 0.2) is 12.1 Å². The zero-order chi connectivity index (χ0) is 13.8. The zero-order valence-corrected chi connectivity index (χ0v) is 12.8. The molecular formula is C14H19Cl2NO2. The summed E-state index contributed by atoms with van der Waals surface area (Å²) in [6.45, 7) is 2.83. The summed E-state index contributed by atoms with van der Waals surface area (Å²) in [5.74, 6) is 0.995. The molecule has 1 aromatic carbocycles. The molecule has 1 heterocycles. The Labute approximate surface area is 124 Å². The molecule has 2 rings (SSSR count). The third kappa shape index (κ3) is 3.99. The molecule has 3 nitrogen and oxygen atoms in total. The predicted octanol–water partition coefficient (Wildman–Crippen LogP) is 2.96. The Morgan fingerprint density at radius 1 is 1.47 bits per heavy atom. The smallest absolute Gasteiger partial charge is 0.127 e. The minimum atomic E-state index is -0.0110. The molecular weight excluding hydrogens is 285 g/mol. The van der Waals surface area contributed by atoms with E-state index < -0.39 is 0 Å². The summed E-state index contributed by atoms with van der Waals surface area (Å²) in [7, 11) is 3.69. The van der Waals surface area contributed by atoms with Crippen molar-refractivity contribution in [1.29, 1.82) is 0 Å². The second kappa shape index (κ2) is 6.80. The molecule has 19 heavy (non-hydrogen) atoms. The number of rotatable bonds is 6. The van der Waals surface area contributed by atoms with Crippen molar-refractivity contribution in [3.63, 3.8) is 0 Å². The number of hydrogen-bond acceptors (Lipinski definition) is 3. The lowest BCUT2D eigenvalue weighted by molar-refractivity contribution is 0.181. The summed E-state index contributed by atoms with van der Waals surface area (Å²) in [6.07, 6.45) is 0.939. The van der Waals surface area contributed by atoms with Crippen molar-refractivity contribution in [2.24, 2.45) is 0 Å². The Morgan fingerprint density at radius 3 is 3.00 bits per heavy atom. The van der Waals surface area contributed by atoms with Gasteiger partial charge >= 0.3 is 0 Å². The Kier molecular flexibility index (Phi) is 5.34. The van der Waals surface area contributed by atoms with E-state index in [-0.39, 0.29) is 5.38 Å². The standard InChI is InChI=1S/C14H19Cl2NO2/c1-17(8-13(16)9-18-2)7-11-6-12(15)5-10-3-4-19-14(10)11/h5-6,13H,3-4,7-9H2,1-2H3. The lowest BCUT2D eigenvalue weighted by Gasteiger charge is -2.21. The van der Waals surface area contributed by atoms with E-state index in [1.54, 1.807) is 7.11 Å². The van der Waals surface area contributed by atoms with E-state index in [0.717, 1.165) is 42.5 Å². The van der Waals surface area contributed by atoms with Crippen molar-refractivity contribution in [1.82, 2.24) is 4.90 Å². The minimum absolute atomic E-state index is 0.0110. The second-order valence-electron chi connectivity index (χ2n) is 4.90. The van der Waals surface area contributed by atoms with Crippen LogP contribution in [0.25, 0.3) is 0 Å². The number of hydrogen-bond donors (Lipinski definition) is 0. The van der Waals surface area contributed by atoms with Crippen molar-refractivity contribution < 1.29 is 9.47 Å². The van der Waals surface area contributed by atoms with E-state index in [1.165, 1.54) is 5.56 Å². The first-order chi connectivity index (χ1) is 9.10. The molecule has 0 spiro atoms. The molecule has 0 radical (unpaired) electrons. The van der Waals surface area contributed by atoms with Gasteiger partial charge in [-0.25, -0.2) is 0 Å². The summed E-state index contributed by atoms with van der Waals surface area (Å²) < 4.78 is 10.7. The van der Waals surface area contributed by atoms with Crippen LogP contribution in [0.5, 0.6) is 5.75 Å². The van der Waals surface area contributed by atoms with Crippen LogP contribution in [0, 0.1) is 0 Å². The first kappa shape index (κ1) is 14.9. The summed E-state index contributed by atoms with van der Waals surface area (Å²) in [5, 5.41) is 0.759. The lowest BCUT2D eigenvalue weighted by Crippen LogP contribution is -2.28. The molecule has 0 bridgehead atoms. The van der Waals surface area contributed by atoms with Crippen molar-refractivity contribution in [2.75, 3.05) is 33.9 Å². The van der Waals surface area contributed by atoms with Crippen molar-refractivity contribution in [3.05, 3.63) is 28.3 Å². The minimum Gasteiger partial charge on any atom is -0.493 e.